The molecule has 1 amide bonds. The first-order valence-electron chi connectivity index (χ1n) is 10.3. The summed E-state index contributed by atoms with van der Waals surface area (Å²) in [5.41, 5.74) is 8.13. The summed E-state index contributed by atoms with van der Waals surface area (Å²) in [5.74, 6) is -0.370. The van der Waals surface area contributed by atoms with Crippen LogP contribution in [0.1, 0.15) is 49.3 Å². The van der Waals surface area contributed by atoms with Gasteiger partial charge in [0.05, 0.1) is 5.41 Å². The summed E-state index contributed by atoms with van der Waals surface area (Å²) in [4.78, 5) is 14.8. The van der Waals surface area contributed by atoms with E-state index in [4.69, 9.17) is 0 Å². The van der Waals surface area contributed by atoms with Crippen molar-refractivity contribution in [2.24, 2.45) is 0 Å². The van der Waals surface area contributed by atoms with Gasteiger partial charge in [0.25, 0.3) is 0 Å². The summed E-state index contributed by atoms with van der Waals surface area (Å²) in [6, 6.07) is 13.4. The highest BCUT2D eigenvalue weighted by Crippen LogP contribution is 2.49. The van der Waals surface area contributed by atoms with Gasteiger partial charge in [0.2, 0.25) is 5.91 Å². The number of carbonyl (C=O) groups is 1. The van der Waals surface area contributed by atoms with Gasteiger partial charge in [-0.1, -0.05) is 24.3 Å². The predicted octanol–water partition coefficient (Wildman–Crippen LogP) is 3.84. The number of benzene rings is 2. The molecule has 0 bridgehead atoms. The van der Waals surface area contributed by atoms with E-state index in [-0.39, 0.29) is 23.6 Å². The fourth-order valence-corrected chi connectivity index (χ4v) is 4.29. The lowest BCUT2D eigenvalue weighted by Crippen LogP contribution is -2.38. The molecule has 154 valence electrons. The van der Waals surface area contributed by atoms with Crippen LogP contribution in [0, 0.1) is 11.6 Å². The van der Waals surface area contributed by atoms with Crippen LogP contribution in [0.5, 0.6) is 0 Å². The summed E-state index contributed by atoms with van der Waals surface area (Å²) < 4.78 is 26.3. The van der Waals surface area contributed by atoms with E-state index in [2.05, 4.69) is 10.9 Å². The lowest BCUT2D eigenvalue weighted by Gasteiger charge is -2.24. The van der Waals surface area contributed by atoms with Crippen LogP contribution in [0.2, 0.25) is 0 Å². The van der Waals surface area contributed by atoms with E-state index < -0.39 is 5.41 Å². The average Bonchev–Trinajstić information content (AvgIpc) is 3.40. The molecular formula is C23H27F2N3O. The van der Waals surface area contributed by atoms with Crippen molar-refractivity contribution >= 4 is 5.91 Å². The Labute approximate surface area is 170 Å². The van der Waals surface area contributed by atoms with Crippen LogP contribution in [0.15, 0.2) is 48.5 Å². The third-order valence-corrected chi connectivity index (χ3v) is 6.20. The Kier molecular flexibility index (Phi) is 5.65. The zero-order valence-electron chi connectivity index (χ0n) is 16.6. The Morgan fingerprint density at radius 3 is 2.28 bits per heavy atom. The molecule has 2 fully saturated rings. The minimum absolute atomic E-state index is 0.130. The number of nitrogens with zero attached hydrogens (tertiary/aromatic N) is 1. The van der Waals surface area contributed by atoms with Crippen molar-refractivity contribution in [1.29, 1.82) is 0 Å². The predicted molar refractivity (Wildman–Crippen MR) is 108 cm³/mol. The van der Waals surface area contributed by atoms with Crippen molar-refractivity contribution in [3.63, 3.8) is 0 Å². The van der Waals surface area contributed by atoms with E-state index >= 15 is 0 Å². The van der Waals surface area contributed by atoms with Crippen LogP contribution in [-0.2, 0) is 10.2 Å². The summed E-state index contributed by atoms with van der Waals surface area (Å²) in [5, 5.41) is 0. The topological polar surface area (TPSA) is 44.4 Å². The number of carbonyl (C=O) groups excluding carboxylic acids is 1. The number of hydrogen-bond acceptors (Lipinski definition) is 3. The first-order valence-corrected chi connectivity index (χ1v) is 10.3. The second-order valence-corrected chi connectivity index (χ2v) is 8.28. The van der Waals surface area contributed by atoms with Gasteiger partial charge < -0.3 is 4.90 Å². The molecule has 4 rings (SSSR count). The number of halogens is 2. The highest BCUT2D eigenvalue weighted by atomic mass is 19.1. The van der Waals surface area contributed by atoms with E-state index in [1.54, 1.807) is 12.1 Å². The lowest BCUT2D eigenvalue weighted by atomic mass is 9.94. The van der Waals surface area contributed by atoms with Crippen LogP contribution in [0.3, 0.4) is 0 Å². The summed E-state index contributed by atoms with van der Waals surface area (Å²) in [7, 11) is 1.85. The maximum atomic E-state index is 13.2. The normalized spacial score (nSPS) is 22.4. The zero-order chi connectivity index (χ0) is 20.4. The Morgan fingerprint density at radius 2 is 1.66 bits per heavy atom. The highest BCUT2D eigenvalue weighted by Gasteiger charge is 2.52. The number of amides is 1. The van der Waals surface area contributed by atoms with Crippen molar-refractivity contribution in [3.8, 4) is 0 Å². The molecule has 0 radical (unpaired) electrons. The van der Waals surface area contributed by atoms with E-state index in [9.17, 15) is 13.6 Å². The van der Waals surface area contributed by atoms with Gasteiger partial charge >= 0.3 is 0 Å². The fourth-order valence-electron chi connectivity index (χ4n) is 4.29. The van der Waals surface area contributed by atoms with Crippen LogP contribution >= 0.6 is 0 Å². The van der Waals surface area contributed by atoms with Crippen molar-refractivity contribution < 1.29 is 13.6 Å². The number of hydrogen-bond donors (Lipinski definition) is 2. The van der Waals surface area contributed by atoms with Gasteiger partial charge in [-0.05, 0) is 67.5 Å². The van der Waals surface area contributed by atoms with E-state index in [1.807, 2.05) is 24.1 Å². The Bertz CT molecular complexity index is 849. The van der Waals surface area contributed by atoms with Crippen molar-refractivity contribution in [1.82, 2.24) is 15.8 Å². The maximum Gasteiger partial charge on any atom is 0.232 e. The molecule has 0 spiro atoms. The maximum absolute atomic E-state index is 13.2. The largest absolute Gasteiger partial charge is 0.345 e. The second-order valence-electron chi connectivity index (χ2n) is 8.28. The average molecular weight is 399 g/mol. The Balaban J connectivity index is 1.25. The van der Waals surface area contributed by atoms with Crippen molar-refractivity contribution in [2.45, 2.75) is 49.6 Å². The third kappa shape index (κ3) is 4.33. The molecule has 29 heavy (non-hydrogen) atoms. The highest BCUT2D eigenvalue weighted by molar-refractivity contribution is 5.91. The molecule has 1 aliphatic heterocycles. The molecule has 2 aliphatic rings. The quantitative estimate of drug-likeness (QED) is 0.744. The van der Waals surface area contributed by atoms with Gasteiger partial charge in [-0.2, -0.15) is 0 Å². The first kappa shape index (κ1) is 20.0. The van der Waals surface area contributed by atoms with Gasteiger partial charge in [0, 0.05) is 25.7 Å². The van der Waals surface area contributed by atoms with Gasteiger partial charge in [-0.15, -0.1) is 0 Å². The molecule has 2 atom stereocenters. The molecule has 6 heteroatoms. The monoisotopic (exact) mass is 399 g/mol. The molecule has 1 saturated carbocycles. The van der Waals surface area contributed by atoms with Crippen molar-refractivity contribution in [2.75, 3.05) is 13.6 Å². The third-order valence-electron chi connectivity index (χ3n) is 6.20. The molecule has 2 unspecified atom stereocenters. The van der Waals surface area contributed by atoms with E-state index in [0.717, 1.165) is 43.2 Å². The standard InChI is InChI=1S/C23H27F2N3O/c1-28(22(29)23(12-13-23)17-6-10-19(25)11-7-17)14-2-3-20-15-21(27-26-20)16-4-8-18(24)9-5-16/h4-11,20-21,26-27H,2-3,12-15H2,1H3. The molecule has 1 aliphatic carbocycles. The zero-order valence-corrected chi connectivity index (χ0v) is 16.6. The van der Waals surface area contributed by atoms with Crippen LogP contribution in [0.4, 0.5) is 8.78 Å². The first-order chi connectivity index (χ1) is 14.0. The van der Waals surface area contributed by atoms with Crippen LogP contribution in [0.25, 0.3) is 0 Å². The molecule has 2 aromatic rings. The molecule has 0 aromatic heterocycles. The molecule has 4 nitrogen and oxygen atoms in total. The van der Waals surface area contributed by atoms with Crippen LogP contribution in [-0.4, -0.2) is 30.4 Å². The number of nitrogens with one attached hydrogen (secondary N) is 2. The number of likely N-dealkylation sites (N-methyl/N-ethyl adjacent to an activating group) is 1. The Hall–Kier alpha value is -2.31. The van der Waals surface area contributed by atoms with Gasteiger partial charge in [-0.3, -0.25) is 15.6 Å². The summed E-state index contributed by atoms with van der Waals surface area (Å²) in [6.07, 6.45) is 4.44. The van der Waals surface area contributed by atoms with Gasteiger partial charge in [0.1, 0.15) is 11.6 Å². The van der Waals surface area contributed by atoms with Gasteiger partial charge in [-0.25, -0.2) is 8.78 Å². The number of rotatable bonds is 7. The molecular weight excluding hydrogens is 372 g/mol. The summed E-state index contributed by atoms with van der Waals surface area (Å²) in [6.45, 7) is 0.696. The lowest BCUT2D eigenvalue weighted by molar-refractivity contribution is -0.132. The minimum Gasteiger partial charge on any atom is -0.345 e. The SMILES string of the molecule is CN(CCCC1CC(c2ccc(F)cc2)NN1)C(=O)C1(c2ccc(F)cc2)CC1. The molecule has 2 aromatic carbocycles. The van der Waals surface area contributed by atoms with Crippen molar-refractivity contribution in [3.05, 3.63) is 71.3 Å². The molecule has 2 N–H and O–H groups in total. The summed E-state index contributed by atoms with van der Waals surface area (Å²) >= 11 is 0. The smallest absolute Gasteiger partial charge is 0.232 e. The molecule has 1 heterocycles. The minimum atomic E-state index is -0.455. The van der Waals surface area contributed by atoms with Crippen LogP contribution < -0.4 is 10.9 Å². The van der Waals surface area contributed by atoms with E-state index in [0.29, 0.717) is 12.6 Å². The second kappa shape index (κ2) is 8.20. The number of hydrazine groups is 1. The fraction of sp³-hybridized carbons (Fsp3) is 0.435. The van der Waals surface area contributed by atoms with E-state index in [1.165, 1.54) is 24.3 Å². The Morgan fingerprint density at radius 1 is 1.03 bits per heavy atom. The van der Waals surface area contributed by atoms with Gasteiger partial charge in [0.15, 0.2) is 0 Å². The molecule has 1 saturated heterocycles.